The Balaban J connectivity index is 2.24. The molecule has 0 radical (unpaired) electrons. The summed E-state index contributed by atoms with van der Waals surface area (Å²) in [5, 5.41) is 9.07. The van der Waals surface area contributed by atoms with Crippen LogP contribution in [0.1, 0.15) is 34.0 Å². The topological polar surface area (TPSA) is 63.0 Å². The van der Waals surface area contributed by atoms with E-state index in [0.29, 0.717) is 24.2 Å². The van der Waals surface area contributed by atoms with Gasteiger partial charge >= 0.3 is 5.97 Å². The number of nitriles is 1. The molecule has 4 heteroatoms. The molecule has 1 aromatic heterocycles. The van der Waals surface area contributed by atoms with E-state index in [1.807, 2.05) is 18.2 Å². The molecule has 0 N–H and O–H groups in total. The summed E-state index contributed by atoms with van der Waals surface area (Å²) in [5.41, 5.74) is 2.85. The van der Waals surface area contributed by atoms with E-state index in [1.54, 1.807) is 25.3 Å². The van der Waals surface area contributed by atoms with Crippen LogP contribution < -0.4 is 0 Å². The van der Waals surface area contributed by atoms with Crippen molar-refractivity contribution in [3.05, 3.63) is 65.0 Å². The summed E-state index contributed by atoms with van der Waals surface area (Å²) in [6, 6.07) is 11.3. The molecule has 0 amide bonds. The van der Waals surface area contributed by atoms with Crippen molar-refractivity contribution in [2.45, 2.75) is 13.3 Å². The number of aromatic nitrogens is 1. The van der Waals surface area contributed by atoms with Gasteiger partial charge in [0.25, 0.3) is 0 Å². The minimum absolute atomic E-state index is 0.334. The Morgan fingerprint density at radius 2 is 2.15 bits per heavy atom. The lowest BCUT2D eigenvalue weighted by molar-refractivity contribution is 0.0525. The molecule has 1 aromatic carbocycles. The van der Waals surface area contributed by atoms with Crippen molar-refractivity contribution in [1.82, 2.24) is 4.98 Å². The Bertz CT molecular complexity index is 660. The van der Waals surface area contributed by atoms with Gasteiger partial charge in [0.15, 0.2) is 0 Å². The SMILES string of the molecule is CCOC(=O)c1cncc(Cc2ccccc2C#N)c1. The number of ether oxygens (including phenoxy) is 1. The molecule has 2 aromatic rings. The van der Waals surface area contributed by atoms with Gasteiger partial charge in [0, 0.05) is 18.8 Å². The molecule has 0 aliphatic carbocycles. The molecule has 0 saturated heterocycles. The van der Waals surface area contributed by atoms with Gasteiger partial charge in [-0.15, -0.1) is 0 Å². The standard InChI is InChI=1S/C16H14N2O2/c1-2-20-16(19)15-8-12(10-18-11-15)7-13-5-3-4-6-14(13)9-17/h3-6,8,10-11H,2,7H2,1H3. The quantitative estimate of drug-likeness (QED) is 0.798. The molecule has 0 spiro atoms. The normalized spacial score (nSPS) is 9.80. The van der Waals surface area contributed by atoms with Gasteiger partial charge < -0.3 is 4.74 Å². The van der Waals surface area contributed by atoms with Gasteiger partial charge in [-0.1, -0.05) is 18.2 Å². The number of benzene rings is 1. The summed E-state index contributed by atoms with van der Waals surface area (Å²) in [5.74, 6) is -0.379. The van der Waals surface area contributed by atoms with Crippen LogP contribution in [-0.2, 0) is 11.2 Å². The van der Waals surface area contributed by atoms with Crippen molar-refractivity contribution in [2.24, 2.45) is 0 Å². The van der Waals surface area contributed by atoms with Crippen molar-refractivity contribution in [1.29, 1.82) is 5.26 Å². The smallest absolute Gasteiger partial charge is 0.339 e. The van der Waals surface area contributed by atoms with Crippen molar-refractivity contribution in [3.63, 3.8) is 0 Å². The summed E-state index contributed by atoms with van der Waals surface area (Å²) in [6.45, 7) is 2.10. The Kier molecular flexibility index (Phi) is 4.46. The molecule has 4 nitrogen and oxygen atoms in total. The minimum atomic E-state index is -0.379. The molecule has 0 bridgehead atoms. The molecule has 0 atom stereocenters. The average molecular weight is 266 g/mol. The number of pyridine rings is 1. The van der Waals surface area contributed by atoms with Crippen LogP contribution in [-0.4, -0.2) is 17.6 Å². The predicted molar refractivity (Wildman–Crippen MR) is 74.2 cm³/mol. The first-order valence-electron chi connectivity index (χ1n) is 6.33. The van der Waals surface area contributed by atoms with E-state index >= 15 is 0 Å². The molecule has 2 rings (SSSR count). The number of hydrogen-bond donors (Lipinski definition) is 0. The highest BCUT2D eigenvalue weighted by molar-refractivity contribution is 5.89. The number of carbonyl (C=O) groups is 1. The van der Waals surface area contributed by atoms with Crippen LogP contribution in [0.15, 0.2) is 42.7 Å². The van der Waals surface area contributed by atoms with E-state index in [9.17, 15) is 4.79 Å². The van der Waals surface area contributed by atoms with Crippen LogP contribution in [0, 0.1) is 11.3 Å². The van der Waals surface area contributed by atoms with E-state index in [1.165, 1.54) is 6.20 Å². The average Bonchev–Trinajstić information content (AvgIpc) is 2.48. The van der Waals surface area contributed by atoms with Gasteiger partial charge in [-0.25, -0.2) is 4.79 Å². The Hall–Kier alpha value is -2.67. The van der Waals surface area contributed by atoms with Crippen LogP contribution in [0.2, 0.25) is 0 Å². The van der Waals surface area contributed by atoms with Gasteiger partial charge in [0.05, 0.1) is 23.8 Å². The van der Waals surface area contributed by atoms with Crippen LogP contribution >= 0.6 is 0 Å². The highest BCUT2D eigenvalue weighted by Gasteiger charge is 2.09. The molecule has 0 saturated carbocycles. The van der Waals surface area contributed by atoms with Crippen molar-refractivity contribution >= 4 is 5.97 Å². The predicted octanol–water partition coefficient (Wildman–Crippen LogP) is 2.72. The summed E-state index contributed by atoms with van der Waals surface area (Å²) >= 11 is 0. The maximum absolute atomic E-state index is 11.7. The monoisotopic (exact) mass is 266 g/mol. The third-order valence-electron chi connectivity index (χ3n) is 2.84. The highest BCUT2D eigenvalue weighted by Crippen LogP contribution is 2.14. The van der Waals surface area contributed by atoms with E-state index in [2.05, 4.69) is 11.1 Å². The van der Waals surface area contributed by atoms with Gasteiger partial charge in [-0.3, -0.25) is 4.98 Å². The first kappa shape index (κ1) is 13.8. The van der Waals surface area contributed by atoms with Gasteiger partial charge in [-0.05, 0) is 30.2 Å². The van der Waals surface area contributed by atoms with Crippen LogP contribution in [0.5, 0.6) is 0 Å². The number of hydrogen-bond acceptors (Lipinski definition) is 4. The van der Waals surface area contributed by atoms with E-state index < -0.39 is 0 Å². The van der Waals surface area contributed by atoms with Crippen LogP contribution in [0.3, 0.4) is 0 Å². The van der Waals surface area contributed by atoms with Crippen LogP contribution in [0.4, 0.5) is 0 Å². The van der Waals surface area contributed by atoms with E-state index in [-0.39, 0.29) is 5.97 Å². The van der Waals surface area contributed by atoms with Gasteiger partial charge in [-0.2, -0.15) is 5.26 Å². The highest BCUT2D eigenvalue weighted by atomic mass is 16.5. The fourth-order valence-corrected chi connectivity index (χ4v) is 1.91. The number of nitrogens with zero attached hydrogens (tertiary/aromatic N) is 2. The summed E-state index contributed by atoms with van der Waals surface area (Å²) in [6.07, 6.45) is 3.73. The van der Waals surface area contributed by atoms with Gasteiger partial charge in [0.2, 0.25) is 0 Å². The second kappa shape index (κ2) is 6.48. The summed E-state index contributed by atoms with van der Waals surface area (Å²) in [7, 11) is 0. The van der Waals surface area contributed by atoms with Gasteiger partial charge in [0.1, 0.15) is 0 Å². The molecular formula is C16H14N2O2. The molecule has 0 unspecified atom stereocenters. The Morgan fingerprint density at radius 1 is 1.35 bits per heavy atom. The lowest BCUT2D eigenvalue weighted by Crippen LogP contribution is -2.06. The molecular weight excluding hydrogens is 252 g/mol. The Morgan fingerprint density at radius 3 is 2.90 bits per heavy atom. The fourth-order valence-electron chi connectivity index (χ4n) is 1.91. The minimum Gasteiger partial charge on any atom is -0.462 e. The molecule has 1 heterocycles. The van der Waals surface area contributed by atoms with E-state index in [0.717, 1.165) is 11.1 Å². The zero-order valence-corrected chi connectivity index (χ0v) is 11.2. The first-order valence-corrected chi connectivity index (χ1v) is 6.33. The largest absolute Gasteiger partial charge is 0.462 e. The van der Waals surface area contributed by atoms with Crippen molar-refractivity contribution < 1.29 is 9.53 Å². The maximum Gasteiger partial charge on any atom is 0.339 e. The summed E-state index contributed by atoms with van der Waals surface area (Å²) in [4.78, 5) is 15.7. The molecule has 0 aliphatic rings. The third kappa shape index (κ3) is 3.21. The lowest BCUT2D eigenvalue weighted by Gasteiger charge is -2.06. The second-order valence-electron chi connectivity index (χ2n) is 4.25. The van der Waals surface area contributed by atoms with E-state index in [4.69, 9.17) is 10.00 Å². The second-order valence-corrected chi connectivity index (χ2v) is 4.25. The molecule has 100 valence electrons. The van der Waals surface area contributed by atoms with Crippen LogP contribution in [0.25, 0.3) is 0 Å². The lowest BCUT2D eigenvalue weighted by atomic mass is 10.0. The summed E-state index contributed by atoms with van der Waals surface area (Å²) < 4.78 is 4.95. The zero-order valence-electron chi connectivity index (χ0n) is 11.2. The molecule has 0 aliphatic heterocycles. The number of esters is 1. The first-order chi connectivity index (χ1) is 9.74. The number of rotatable bonds is 4. The Labute approximate surface area is 117 Å². The fraction of sp³-hybridized carbons (Fsp3) is 0.188. The maximum atomic E-state index is 11.7. The number of carbonyl (C=O) groups excluding carboxylic acids is 1. The molecule has 20 heavy (non-hydrogen) atoms. The van der Waals surface area contributed by atoms with Crippen molar-refractivity contribution in [3.8, 4) is 6.07 Å². The zero-order chi connectivity index (χ0) is 14.4. The third-order valence-corrected chi connectivity index (χ3v) is 2.84. The van der Waals surface area contributed by atoms with Crippen molar-refractivity contribution in [2.75, 3.05) is 6.61 Å². The molecule has 0 fully saturated rings.